The summed E-state index contributed by atoms with van der Waals surface area (Å²) >= 11 is 0. The molecule has 8 nitrogen and oxygen atoms in total. The second-order valence-electron chi connectivity index (χ2n) is 6.37. The molecular weight excluding hydrogens is 396 g/mol. The molecular formula is C20H15F2N5O3. The Bertz CT molecular complexity index is 1300. The summed E-state index contributed by atoms with van der Waals surface area (Å²) in [4.78, 5) is 31.1. The Morgan fingerprint density at radius 3 is 2.80 bits per heavy atom. The van der Waals surface area contributed by atoms with E-state index in [1.54, 1.807) is 24.3 Å². The number of para-hydroxylation sites is 2. The van der Waals surface area contributed by atoms with Crippen LogP contribution in [0.2, 0.25) is 0 Å². The maximum absolute atomic E-state index is 13.3. The SMILES string of the molecule is CC(Oc1ccc(F)c(F)c1)C(=O)Nc1ccccc1-n1ncc2c(=O)[nH]cnc21. The molecule has 0 bridgehead atoms. The number of fused-ring (bicyclic) bond motifs is 1. The van der Waals surface area contributed by atoms with E-state index in [0.717, 1.165) is 12.1 Å². The van der Waals surface area contributed by atoms with E-state index in [0.29, 0.717) is 22.4 Å². The van der Waals surface area contributed by atoms with E-state index >= 15 is 0 Å². The molecule has 1 unspecified atom stereocenters. The Balaban J connectivity index is 1.59. The Kier molecular flexibility index (Phi) is 4.97. The van der Waals surface area contributed by atoms with Gasteiger partial charge in [-0.3, -0.25) is 9.59 Å². The molecule has 1 atom stereocenters. The topological polar surface area (TPSA) is 102 Å². The number of benzene rings is 2. The van der Waals surface area contributed by atoms with Crippen LogP contribution in [0.5, 0.6) is 5.75 Å². The standard InChI is InChI=1S/C20H15F2N5O3/c1-11(30-12-6-7-14(21)15(22)8-12)19(28)26-16-4-2-3-5-17(16)27-18-13(9-25-27)20(29)24-10-23-18/h2-11H,1H3,(H,26,28)(H,23,24,29). The van der Waals surface area contributed by atoms with Crippen LogP contribution < -0.4 is 15.6 Å². The fraction of sp³-hybridized carbons (Fsp3) is 0.100. The van der Waals surface area contributed by atoms with E-state index in [-0.39, 0.29) is 11.3 Å². The summed E-state index contributed by atoms with van der Waals surface area (Å²) < 4.78 is 33.2. The van der Waals surface area contributed by atoms with E-state index in [9.17, 15) is 18.4 Å². The van der Waals surface area contributed by atoms with Crippen LogP contribution in [-0.4, -0.2) is 31.8 Å². The molecule has 0 aliphatic heterocycles. The lowest BCUT2D eigenvalue weighted by Gasteiger charge is -2.16. The summed E-state index contributed by atoms with van der Waals surface area (Å²) in [5.41, 5.74) is 0.877. The van der Waals surface area contributed by atoms with E-state index in [2.05, 4.69) is 20.4 Å². The number of nitrogens with one attached hydrogen (secondary N) is 2. The van der Waals surface area contributed by atoms with Gasteiger partial charge in [-0.2, -0.15) is 5.10 Å². The summed E-state index contributed by atoms with van der Waals surface area (Å²) in [7, 11) is 0. The molecule has 10 heteroatoms. The average Bonchev–Trinajstić information content (AvgIpc) is 3.16. The predicted molar refractivity (Wildman–Crippen MR) is 105 cm³/mol. The number of ether oxygens (including phenoxy) is 1. The number of hydrogen-bond donors (Lipinski definition) is 2. The second kappa shape index (κ2) is 7.74. The molecule has 0 saturated heterocycles. The van der Waals surface area contributed by atoms with E-state index < -0.39 is 23.6 Å². The van der Waals surface area contributed by atoms with Crippen molar-refractivity contribution in [3.8, 4) is 11.4 Å². The molecule has 2 aromatic heterocycles. The number of aromatic amines is 1. The highest BCUT2D eigenvalue weighted by atomic mass is 19.2. The molecule has 1 amide bonds. The Morgan fingerprint density at radius 1 is 1.20 bits per heavy atom. The summed E-state index contributed by atoms with van der Waals surface area (Å²) in [6, 6.07) is 9.83. The van der Waals surface area contributed by atoms with Gasteiger partial charge in [0.05, 0.1) is 23.9 Å². The lowest BCUT2D eigenvalue weighted by atomic mass is 10.2. The van der Waals surface area contributed by atoms with Gasteiger partial charge in [-0.15, -0.1) is 0 Å². The van der Waals surface area contributed by atoms with Crippen molar-refractivity contribution in [1.29, 1.82) is 0 Å². The van der Waals surface area contributed by atoms with E-state index in [1.165, 1.54) is 30.2 Å². The van der Waals surface area contributed by atoms with Crippen molar-refractivity contribution in [2.24, 2.45) is 0 Å². The Labute approximate surface area is 168 Å². The number of anilines is 1. The van der Waals surface area contributed by atoms with E-state index in [1.807, 2.05) is 0 Å². The van der Waals surface area contributed by atoms with Gasteiger partial charge < -0.3 is 15.0 Å². The van der Waals surface area contributed by atoms with Crippen LogP contribution >= 0.6 is 0 Å². The molecule has 152 valence electrons. The van der Waals surface area contributed by atoms with Crippen molar-refractivity contribution in [2.75, 3.05) is 5.32 Å². The van der Waals surface area contributed by atoms with Crippen LogP contribution in [0.1, 0.15) is 6.92 Å². The third-order valence-electron chi connectivity index (χ3n) is 4.33. The van der Waals surface area contributed by atoms with Crippen molar-refractivity contribution in [3.05, 3.63) is 77.0 Å². The van der Waals surface area contributed by atoms with Gasteiger partial charge in [0.2, 0.25) is 0 Å². The molecule has 4 aromatic rings. The zero-order chi connectivity index (χ0) is 21.3. The smallest absolute Gasteiger partial charge is 0.265 e. The molecule has 2 N–H and O–H groups in total. The minimum absolute atomic E-state index is 0.0198. The number of aromatic nitrogens is 4. The van der Waals surface area contributed by atoms with Gasteiger partial charge in [-0.1, -0.05) is 12.1 Å². The first-order valence-corrected chi connectivity index (χ1v) is 8.87. The zero-order valence-corrected chi connectivity index (χ0v) is 15.6. The predicted octanol–water partition coefficient (Wildman–Crippen LogP) is 2.79. The average molecular weight is 411 g/mol. The molecule has 0 radical (unpaired) electrons. The molecule has 0 spiro atoms. The van der Waals surface area contributed by atoms with Crippen LogP contribution in [0.25, 0.3) is 16.7 Å². The lowest BCUT2D eigenvalue weighted by molar-refractivity contribution is -0.122. The summed E-state index contributed by atoms with van der Waals surface area (Å²) in [6.45, 7) is 1.48. The summed E-state index contributed by atoms with van der Waals surface area (Å²) in [5.74, 6) is -2.58. The first kappa shape index (κ1) is 19.2. The molecule has 2 heterocycles. The van der Waals surface area contributed by atoms with Gasteiger partial charge in [0, 0.05) is 6.07 Å². The molecule has 0 aliphatic carbocycles. The normalized spacial score (nSPS) is 12.0. The van der Waals surface area contributed by atoms with Crippen molar-refractivity contribution >= 4 is 22.6 Å². The third-order valence-corrected chi connectivity index (χ3v) is 4.33. The highest BCUT2D eigenvalue weighted by Gasteiger charge is 2.19. The number of halogens is 2. The van der Waals surface area contributed by atoms with Gasteiger partial charge in [0.15, 0.2) is 23.4 Å². The fourth-order valence-electron chi connectivity index (χ4n) is 2.84. The van der Waals surface area contributed by atoms with Crippen LogP contribution in [0.3, 0.4) is 0 Å². The first-order valence-electron chi connectivity index (χ1n) is 8.87. The fourth-order valence-corrected chi connectivity index (χ4v) is 2.84. The van der Waals surface area contributed by atoms with Crippen molar-refractivity contribution in [1.82, 2.24) is 19.7 Å². The van der Waals surface area contributed by atoms with Crippen LogP contribution in [0, 0.1) is 11.6 Å². The summed E-state index contributed by atoms with van der Waals surface area (Å²) in [5, 5.41) is 7.22. The summed E-state index contributed by atoms with van der Waals surface area (Å²) in [6.07, 6.45) is 1.65. The third kappa shape index (κ3) is 3.62. The van der Waals surface area contributed by atoms with Crippen LogP contribution in [0.15, 0.2) is 59.8 Å². The van der Waals surface area contributed by atoms with Crippen molar-refractivity contribution in [2.45, 2.75) is 13.0 Å². The number of carbonyl (C=O) groups excluding carboxylic acids is 1. The van der Waals surface area contributed by atoms with Gasteiger partial charge in [-0.05, 0) is 31.2 Å². The minimum atomic E-state index is -1.07. The molecule has 0 saturated carbocycles. The largest absolute Gasteiger partial charge is 0.481 e. The number of nitrogens with zero attached hydrogens (tertiary/aromatic N) is 3. The van der Waals surface area contributed by atoms with Gasteiger partial charge >= 0.3 is 0 Å². The van der Waals surface area contributed by atoms with Crippen molar-refractivity contribution in [3.63, 3.8) is 0 Å². The van der Waals surface area contributed by atoms with Crippen LogP contribution in [-0.2, 0) is 4.79 Å². The van der Waals surface area contributed by atoms with Crippen molar-refractivity contribution < 1.29 is 18.3 Å². The maximum Gasteiger partial charge on any atom is 0.265 e. The Hall–Kier alpha value is -4.08. The van der Waals surface area contributed by atoms with Gasteiger partial charge in [0.25, 0.3) is 11.5 Å². The maximum atomic E-state index is 13.3. The lowest BCUT2D eigenvalue weighted by Crippen LogP contribution is -2.30. The number of hydrogen-bond acceptors (Lipinski definition) is 5. The van der Waals surface area contributed by atoms with Gasteiger partial charge in [0.1, 0.15) is 11.1 Å². The molecule has 0 fully saturated rings. The van der Waals surface area contributed by atoms with E-state index in [4.69, 9.17) is 4.74 Å². The number of H-pyrrole nitrogens is 1. The number of amides is 1. The quantitative estimate of drug-likeness (QED) is 0.526. The number of carbonyl (C=O) groups is 1. The number of rotatable bonds is 5. The zero-order valence-electron chi connectivity index (χ0n) is 15.6. The minimum Gasteiger partial charge on any atom is -0.481 e. The highest BCUT2D eigenvalue weighted by Crippen LogP contribution is 2.23. The highest BCUT2D eigenvalue weighted by molar-refractivity contribution is 5.96. The van der Waals surface area contributed by atoms with Crippen LogP contribution in [0.4, 0.5) is 14.5 Å². The molecule has 0 aliphatic rings. The molecule has 2 aromatic carbocycles. The molecule has 30 heavy (non-hydrogen) atoms. The monoisotopic (exact) mass is 411 g/mol. The first-order chi connectivity index (χ1) is 14.4. The van der Waals surface area contributed by atoms with Gasteiger partial charge in [-0.25, -0.2) is 18.4 Å². The second-order valence-corrected chi connectivity index (χ2v) is 6.37. The Morgan fingerprint density at radius 2 is 2.00 bits per heavy atom. The molecule has 4 rings (SSSR count).